The molecule has 0 aliphatic carbocycles. The first kappa shape index (κ1) is 24.9. The molecule has 35 heavy (non-hydrogen) atoms. The van der Waals surface area contributed by atoms with Gasteiger partial charge in [-0.3, -0.25) is 4.79 Å². The van der Waals surface area contributed by atoms with Crippen molar-refractivity contribution >= 4 is 5.97 Å². The van der Waals surface area contributed by atoms with Gasteiger partial charge >= 0.3 is 5.97 Å². The molecule has 1 spiro atoms. The summed E-state index contributed by atoms with van der Waals surface area (Å²) in [5.41, 5.74) is 4.67. The van der Waals surface area contributed by atoms with Crippen LogP contribution in [0.2, 0.25) is 0 Å². The third-order valence-corrected chi connectivity index (χ3v) is 6.46. The van der Waals surface area contributed by atoms with Gasteiger partial charge in [0.15, 0.2) is 0 Å². The average Bonchev–Trinajstić information content (AvgIpc) is 3.01. The van der Waals surface area contributed by atoms with Gasteiger partial charge in [0, 0.05) is 17.5 Å². The Morgan fingerprint density at radius 2 is 1.91 bits per heavy atom. The number of rotatable bonds is 6. The molecule has 0 amide bonds. The van der Waals surface area contributed by atoms with Crippen molar-refractivity contribution in [3.05, 3.63) is 69.8 Å². The summed E-state index contributed by atoms with van der Waals surface area (Å²) in [6.45, 7) is 10.6. The number of allylic oxidation sites excluding steroid dienone is 3. The molecule has 186 valence electrons. The van der Waals surface area contributed by atoms with Crippen molar-refractivity contribution in [3.63, 3.8) is 0 Å². The van der Waals surface area contributed by atoms with E-state index in [1.165, 1.54) is 11.1 Å². The van der Waals surface area contributed by atoms with Gasteiger partial charge in [-0.25, -0.2) is 0 Å². The van der Waals surface area contributed by atoms with Crippen molar-refractivity contribution in [2.24, 2.45) is 0 Å². The number of fused-ring (bicyclic) bond motifs is 4. The van der Waals surface area contributed by atoms with Gasteiger partial charge in [-0.05, 0) is 72.1 Å². The Morgan fingerprint density at radius 3 is 2.69 bits per heavy atom. The van der Waals surface area contributed by atoms with Gasteiger partial charge in [0.25, 0.3) is 5.79 Å². The molecular weight excluding hydrogens is 444 g/mol. The van der Waals surface area contributed by atoms with E-state index in [-0.39, 0.29) is 18.1 Å². The van der Waals surface area contributed by atoms with E-state index in [2.05, 4.69) is 32.9 Å². The second-order valence-electron chi connectivity index (χ2n) is 9.45. The smallest absolute Gasteiger partial charge is 0.308 e. The Hall–Kier alpha value is -3.25. The minimum Gasteiger partial charge on any atom is -0.507 e. The number of esters is 1. The third-order valence-electron chi connectivity index (χ3n) is 6.46. The number of phenolic OH excluding ortho intramolecular Hbond substituents is 1. The molecule has 2 aliphatic rings. The summed E-state index contributed by atoms with van der Waals surface area (Å²) in [4.78, 5) is 12.6. The van der Waals surface area contributed by atoms with Crippen LogP contribution in [0.1, 0.15) is 68.7 Å². The number of carbonyl (C=O) groups is 1. The topological polar surface area (TPSA) is 74.2 Å². The molecule has 2 aromatic rings. The van der Waals surface area contributed by atoms with Crippen molar-refractivity contribution in [2.75, 3.05) is 13.2 Å². The normalized spacial score (nSPS) is 19.2. The van der Waals surface area contributed by atoms with E-state index in [1.54, 1.807) is 19.1 Å². The molecule has 1 N–H and O–H groups in total. The molecule has 2 aromatic carbocycles. The van der Waals surface area contributed by atoms with Gasteiger partial charge in [-0.1, -0.05) is 29.4 Å². The SMILES string of the molecule is CC(C)=CCCC(C)=CCOc1c(C)c(O)c2c(c1C)Oc1ccccc1C21OCCCC(=O)O1. The van der Waals surface area contributed by atoms with E-state index in [1.807, 2.05) is 19.1 Å². The number of hydrogen-bond acceptors (Lipinski definition) is 6. The van der Waals surface area contributed by atoms with Gasteiger partial charge in [-0.2, -0.15) is 0 Å². The molecule has 1 fully saturated rings. The first-order chi connectivity index (χ1) is 16.7. The number of carbonyl (C=O) groups excluding carboxylic acids is 1. The highest BCUT2D eigenvalue weighted by Gasteiger charge is 2.51. The average molecular weight is 479 g/mol. The zero-order valence-electron chi connectivity index (χ0n) is 21.2. The molecule has 0 saturated carbocycles. The first-order valence-corrected chi connectivity index (χ1v) is 12.2. The van der Waals surface area contributed by atoms with Crippen molar-refractivity contribution < 1.29 is 28.8 Å². The lowest BCUT2D eigenvalue weighted by molar-refractivity contribution is -0.212. The van der Waals surface area contributed by atoms with Crippen molar-refractivity contribution in [1.82, 2.24) is 0 Å². The lowest BCUT2D eigenvalue weighted by Gasteiger charge is -2.39. The second-order valence-corrected chi connectivity index (χ2v) is 9.45. The van der Waals surface area contributed by atoms with Gasteiger partial charge in [-0.15, -0.1) is 0 Å². The van der Waals surface area contributed by atoms with Gasteiger partial charge in [0.2, 0.25) is 0 Å². The quantitative estimate of drug-likeness (QED) is 0.366. The number of aromatic hydroxyl groups is 1. The van der Waals surface area contributed by atoms with Crippen LogP contribution in [0.25, 0.3) is 0 Å². The number of para-hydroxylation sites is 1. The number of ether oxygens (including phenoxy) is 4. The number of benzene rings is 2. The predicted octanol–water partition coefficient (Wildman–Crippen LogP) is 6.74. The minimum absolute atomic E-state index is 0.0611. The maximum Gasteiger partial charge on any atom is 0.308 e. The van der Waals surface area contributed by atoms with Crippen molar-refractivity contribution in [1.29, 1.82) is 0 Å². The van der Waals surface area contributed by atoms with Crippen LogP contribution in [0.4, 0.5) is 0 Å². The summed E-state index contributed by atoms with van der Waals surface area (Å²) >= 11 is 0. The molecule has 2 heterocycles. The fraction of sp³-hybridized carbons (Fsp3) is 0.414. The first-order valence-electron chi connectivity index (χ1n) is 12.2. The van der Waals surface area contributed by atoms with Crippen LogP contribution in [0.5, 0.6) is 23.0 Å². The maximum absolute atomic E-state index is 12.6. The fourth-order valence-electron chi connectivity index (χ4n) is 4.58. The Bertz CT molecular complexity index is 1190. The summed E-state index contributed by atoms with van der Waals surface area (Å²) in [5.74, 6) is -0.563. The molecule has 0 aromatic heterocycles. The molecule has 6 heteroatoms. The van der Waals surface area contributed by atoms with Crippen molar-refractivity contribution in [2.45, 2.75) is 66.1 Å². The Kier molecular flexibility index (Phi) is 7.22. The van der Waals surface area contributed by atoms with E-state index < -0.39 is 5.79 Å². The monoisotopic (exact) mass is 478 g/mol. The number of phenols is 1. The molecule has 4 rings (SSSR count). The zero-order chi connectivity index (χ0) is 25.2. The summed E-state index contributed by atoms with van der Waals surface area (Å²) in [6, 6.07) is 7.28. The van der Waals surface area contributed by atoms with Gasteiger partial charge in [0.05, 0.1) is 12.2 Å². The van der Waals surface area contributed by atoms with E-state index in [0.29, 0.717) is 59.1 Å². The molecule has 1 saturated heterocycles. The predicted molar refractivity (Wildman–Crippen MR) is 134 cm³/mol. The van der Waals surface area contributed by atoms with Crippen LogP contribution < -0.4 is 9.47 Å². The summed E-state index contributed by atoms with van der Waals surface area (Å²) < 4.78 is 24.5. The van der Waals surface area contributed by atoms with Gasteiger partial charge < -0.3 is 24.1 Å². The Labute approximate surface area is 207 Å². The standard InChI is InChI=1S/C29H34O6/c1-18(2)10-8-11-19(3)15-17-32-27-20(4)26(31)25-28(21(27)5)34-23-13-7-6-12-22(23)29(25)33-16-9-14-24(30)35-29/h6-7,10,12-13,15,31H,8-9,11,14,16-17H2,1-5H3. The molecule has 2 aliphatic heterocycles. The van der Waals surface area contributed by atoms with Crippen LogP contribution in [0.3, 0.4) is 0 Å². The van der Waals surface area contributed by atoms with Gasteiger partial charge in [0.1, 0.15) is 35.2 Å². The maximum atomic E-state index is 12.6. The summed E-state index contributed by atoms with van der Waals surface area (Å²) in [5, 5.41) is 11.4. The molecule has 0 radical (unpaired) electrons. The van der Waals surface area contributed by atoms with E-state index >= 15 is 0 Å². The van der Waals surface area contributed by atoms with E-state index in [4.69, 9.17) is 18.9 Å². The molecule has 1 unspecified atom stereocenters. The lowest BCUT2D eigenvalue weighted by Crippen LogP contribution is -2.38. The third kappa shape index (κ3) is 4.80. The molecular formula is C29H34O6. The number of hydrogen-bond donors (Lipinski definition) is 1. The molecule has 6 nitrogen and oxygen atoms in total. The van der Waals surface area contributed by atoms with E-state index in [0.717, 1.165) is 12.8 Å². The lowest BCUT2D eigenvalue weighted by atomic mass is 9.88. The minimum atomic E-state index is -1.57. The Balaban J connectivity index is 1.73. The highest BCUT2D eigenvalue weighted by Crippen LogP contribution is 2.57. The second kappa shape index (κ2) is 10.2. The highest BCUT2D eigenvalue weighted by atomic mass is 16.7. The molecule has 0 bridgehead atoms. The summed E-state index contributed by atoms with van der Waals surface area (Å²) in [6.07, 6.45) is 7.03. The fourth-order valence-corrected chi connectivity index (χ4v) is 4.58. The van der Waals surface area contributed by atoms with E-state index in [9.17, 15) is 9.90 Å². The van der Waals surface area contributed by atoms with Crippen LogP contribution in [-0.2, 0) is 20.1 Å². The van der Waals surface area contributed by atoms with Crippen molar-refractivity contribution in [3.8, 4) is 23.0 Å². The Morgan fingerprint density at radius 1 is 1.14 bits per heavy atom. The highest BCUT2D eigenvalue weighted by molar-refractivity contribution is 5.74. The zero-order valence-corrected chi connectivity index (χ0v) is 21.2. The van der Waals surface area contributed by atoms with Crippen LogP contribution in [0.15, 0.2) is 47.6 Å². The molecule has 1 atom stereocenters. The van der Waals surface area contributed by atoms with Crippen LogP contribution >= 0.6 is 0 Å². The van der Waals surface area contributed by atoms with Crippen LogP contribution in [0, 0.1) is 13.8 Å². The largest absolute Gasteiger partial charge is 0.507 e. The van der Waals surface area contributed by atoms with Crippen LogP contribution in [-0.4, -0.2) is 24.3 Å². The summed E-state index contributed by atoms with van der Waals surface area (Å²) in [7, 11) is 0.